The fraction of sp³-hybridized carbons (Fsp3) is 0.389. The summed E-state index contributed by atoms with van der Waals surface area (Å²) < 4.78 is 75.3. The molecule has 1 aliphatic rings. The molecule has 1 N–H and O–H groups in total. The van der Waals surface area contributed by atoms with Crippen LogP contribution < -0.4 is 9.62 Å². The van der Waals surface area contributed by atoms with E-state index in [4.69, 9.17) is 16.3 Å². The number of benzene rings is 1. The highest BCUT2D eigenvalue weighted by atomic mass is 35.5. The van der Waals surface area contributed by atoms with Crippen LogP contribution in [0.25, 0.3) is 0 Å². The van der Waals surface area contributed by atoms with Gasteiger partial charge in [0.05, 0.1) is 17.8 Å². The number of rotatable bonds is 6. The van der Waals surface area contributed by atoms with E-state index >= 15 is 0 Å². The van der Waals surface area contributed by atoms with Gasteiger partial charge in [0, 0.05) is 26.3 Å². The van der Waals surface area contributed by atoms with E-state index in [1.807, 2.05) is 23.7 Å². The zero-order chi connectivity index (χ0) is 22.2. The number of anilines is 2. The van der Waals surface area contributed by atoms with E-state index in [-0.39, 0.29) is 17.8 Å². The predicted molar refractivity (Wildman–Crippen MR) is 107 cm³/mol. The third-order valence-electron chi connectivity index (χ3n) is 4.86. The monoisotopic (exact) mass is 464 g/mol. The van der Waals surface area contributed by atoms with Crippen molar-refractivity contribution in [2.75, 3.05) is 43.9 Å². The first kappa shape index (κ1) is 22.6. The van der Waals surface area contributed by atoms with Gasteiger partial charge in [0.15, 0.2) is 10.7 Å². The van der Waals surface area contributed by atoms with Crippen LogP contribution in [0.5, 0.6) is 0 Å². The van der Waals surface area contributed by atoms with Crippen LogP contribution in [0.4, 0.5) is 24.7 Å². The Morgan fingerprint density at radius 3 is 2.53 bits per heavy atom. The summed E-state index contributed by atoms with van der Waals surface area (Å²) in [5, 5.41) is -0.543. The van der Waals surface area contributed by atoms with Gasteiger partial charge in [-0.1, -0.05) is 17.7 Å². The summed E-state index contributed by atoms with van der Waals surface area (Å²) in [6.45, 7) is 0.692. The van der Waals surface area contributed by atoms with E-state index in [1.54, 1.807) is 4.90 Å². The highest BCUT2D eigenvalue weighted by molar-refractivity contribution is 7.92. The fourth-order valence-electron chi connectivity index (χ4n) is 3.38. The van der Waals surface area contributed by atoms with Gasteiger partial charge < -0.3 is 14.5 Å². The Bertz CT molecular complexity index is 1060. The van der Waals surface area contributed by atoms with Crippen molar-refractivity contribution in [2.45, 2.75) is 17.0 Å². The van der Waals surface area contributed by atoms with Gasteiger partial charge in [-0.3, -0.25) is 4.72 Å². The molecule has 2 heterocycles. The summed E-state index contributed by atoms with van der Waals surface area (Å²) in [5.41, 5.74) is 0.0147. The van der Waals surface area contributed by atoms with Crippen molar-refractivity contribution in [1.82, 2.24) is 9.88 Å². The van der Waals surface area contributed by atoms with Gasteiger partial charge >= 0.3 is 0 Å². The second-order valence-corrected chi connectivity index (χ2v) is 8.99. The number of methoxy groups -OCH3 is 1. The molecule has 3 rings (SSSR count). The quantitative estimate of drug-likeness (QED) is 0.523. The van der Waals surface area contributed by atoms with Gasteiger partial charge in [0.2, 0.25) is 5.95 Å². The maximum absolute atomic E-state index is 14.9. The molecule has 1 aromatic heterocycles. The predicted octanol–water partition coefficient (Wildman–Crippen LogP) is 2.72. The Kier molecular flexibility index (Phi) is 6.46. The van der Waals surface area contributed by atoms with E-state index in [0.717, 1.165) is 18.2 Å². The minimum atomic E-state index is -4.76. The summed E-state index contributed by atoms with van der Waals surface area (Å²) in [7, 11) is 0.482. The van der Waals surface area contributed by atoms with Crippen molar-refractivity contribution in [1.29, 1.82) is 0 Å². The van der Waals surface area contributed by atoms with Crippen LogP contribution in [0.15, 0.2) is 29.2 Å². The van der Waals surface area contributed by atoms with Gasteiger partial charge in [-0.25, -0.2) is 22.2 Å². The minimum Gasteiger partial charge on any atom is -0.378 e. The van der Waals surface area contributed by atoms with Crippen LogP contribution in [-0.2, 0) is 14.8 Å². The van der Waals surface area contributed by atoms with Crippen molar-refractivity contribution in [3.63, 3.8) is 0 Å². The number of hydrogen-bond acceptors (Lipinski definition) is 6. The SMILES string of the molecule is CO[C@@H]1CN(c2cc(F)c(S(=O)(=O)Nc3cccc(F)n3)c(F)c2Cl)CC1N(C)C. The van der Waals surface area contributed by atoms with Crippen LogP contribution in [0, 0.1) is 17.6 Å². The van der Waals surface area contributed by atoms with Gasteiger partial charge in [-0.2, -0.15) is 4.39 Å². The molecule has 164 valence electrons. The summed E-state index contributed by atoms with van der Waals surface area (Å²) in [4.78, 5) is 5.61. The number of likely N-dealkylation sites (N-methyl/N-ethyl adjacent to an activating group) is 1. The molecule has 0 bridgehead atoms. The lowest BCUT2D eigenvalue weighted by Gasteiger charge is -2.24. The van der Waals surface area contributed by atoms with Crippen LogP contribution in [0.3, 0.4) is 0 Å². The first-order valence-electron chi connectivity index (χ1n) is 8.82. The van der Waals surface area contributed by atoms with E-state index in [0.29, 0.717) is 13.1 Å². The summed E-state index contributed by atoms with van der Waals surface area (Å²) >= 11 is 6.10. The lowest BCUT2D eigenvalue weighted by Crippen LogP contribution is -2.39. The normalized spacial score (nSPS) is 19.5. The molecule has 0 aliphatic carbocycles. The lowest BCUT2D eigenvalue weighted by molar-refractivity contribution is 0.0639. The Morgan fingerprint density at radius 2 is 1.97 bits per heavy atom. The maximum Gasteiger partial charge on any atom is 0.268 e. The zero-order valence-corrected chi connectivity index (χ0v) is 17.9. The molecule has 1 fully saturated rings. The zero-order valence-electron chi connectivity index (χ0n) is 16.4. The highest BCUT2D eigenvalue weighted by Crippen LogP contribution is 2.37. The number of nitrogens with zero attached hydrogens (tertiary/aromatic N) is 3. The number of aromatic nitrogens is 1. The first-order chi connectivity index (χ1) is 14.0. The second-order valence-electron chi connectivity index (χ2n) is 7.00. The molecule has 2 aromatic rings. The minimum absolute atomic E-state index is 0.0147. The molecule has 1 saturated heterocycles. The molecule has 7 nitrogen and oxygen atoms in total. The van der Waals surface area contributed by atoms with Gasteiger partial charge in [-0.05, 0) is 26.2 Å². The third-order valence-corrected chi connectivity index (χ3v) is 6.61. The summed E-state index contributed by atoms with van der Waals surface area (Å²) in [6.07, 6.45) is -0.230. The van der Waals surface area contributed by atoms with E-state index in [1.165, 1.54) is 13.2 Å². The van der Waals surface area contributed by atoms with Crippen molar-refractivity contribution in [3.8, 4) is 0 Å². The molecule has 0 radical (unpaired) electrons. The van der Waals surface area contributed by atoms with Crippen molar-refractivity contribution in [2.24, 2.45) is 0 Å². The molecule has 0 spiro atoms. The van der Waals surface area contributed by atoms with E-state index < -0.39 is 43.3 Å². The van der Waals surface area contributed by atoms with Crippen LogP contribution in [-0.4, -0.2) is 64.7 Å². The fourth-order valence-corrected chi connectivity index (χ4v) is 4.85. The lowest BCUT2D eigenvalue weighted by atomic mass is 10.2. The number of sulfonamides is 1. The largest absolute Gasteiger partial charge is 0.378 e. The molecular weight excluding hydrogens is 445 g/mol. The standard InChI is InChI=1S/C18H20ClF3N4O3S/c1-25(2)12-8-26(9-13(12)29-3)11-7-10(20)18(17(22)16(11)19)30(27,28)24-15-6-4-5-14(21)23-15/h4-7,12-13H,8-9H2,1-3H3,(H,23,24)/t12?,13-/m1/s1. The van der Waals surface area contributed by atoms with Crippen LogP contribution in [0.1, 0.15) is 0 Å². The Balaban J connectivity index is 1.97. The number of ether oxygens (including phenoxy) is 1. The average molecular weight is 465 g/mol. The molecular formula is C18H20ClF3N4O3S. The van der Waals surface area contributed by atoms with Gasteiger partial charge in [0.1, 0.15) is 16.7 Å². The Hall–Kier alpha value is -2.08. The summed E-state index contributed by atoms with van der Waals surface area (Å²) in [5.74, 6) is -4.16. The number of nitrogens with one attached hydrogen (secondary N) is 1. The van der Waals surface area contributed by atoms with Gasteiger partial charge in [0.25, 0.3) is 10.0 Å². The molecule has 1 unspecified atom stereocenters. The topological polar surface area (TPSA) is 74.8 Å². The highest BCUT2D eigenvalue weighted by Gasteiger charge is 2.37. The van der Waals surface area contributed by atoms with Crippen molar-refractivity contribution >= 4 is 33.1 Å². The number of halogens is 4. The maximum atomic E-state index is 14.9. The molecule has 0 saturated carbocycles. The second kappa shape index (κ2) is 8.58. The van der Waals surface area contributed by atoms with Crippen molar-refractivity contribution in [3.05, 3.63) is 46.9 Å². The number of pyridine rings is 1. The molecule has 30 heavy (non-hydrogen) atoms. The Labute approximate surface area is 177 Å². The van der Waals surface area contributed by atoms with Crippen molar-refractivity contribution < 1.29 is 26.3 Å². The van der Waals surface area contributed by atoms with E-state index in [2.05, 4.69) is 4.98 Å². The molecule has 12 heteroatoms. The smallest absolute Gasteiger partial charge is 0.268 e. The van der Waals surface area contributed by atoms with Crippen LogP contribution in [0.2, 0.25) is 5.02 Å². The Morgan fingerprint density at radius 1 is 1.27 bits per heavy atom. The molecule has 1 aromatic carbocycles. The molecule has 0 amide bonds. The average Bonchev–Trinajstić information content (AvgIpc) is 3.08. The van der Waals surface area contributed by atoms with E-state index in [9.17, 15) is 21.6 Å². The third kappa shape index (κ3) is 4.34. The number of hydrogen-bond donors (Lipinski definition) is 1. The summed E-state index contributed by atoms with van der Waals surface area (Å²) in [6, 6.07) is 4.15. The molecule has 2 atom stereocenters. The first-order valence-corrected chi connectivity index (χ1v) is 10.7. The van der Waals surface area contributed by atoms with Gasteiger partial charge in [-0.15, -0.1) is 0 Å². The molecule has 1 aliphatic heterocycles. The van der Waals surface area contributed by atoms with Crippen LogP contribution >= 0.6 is 11.6 Å².